The maximum atomic E-state index is 12.9. The minimum absolute atomic E-state index is 0.0306. The Balaban J connectivity index is 1.80. The molecule has 2 aromatic carbocycles. The number of anilines is 1. The van der Waals surface area contributed by atoms with E-state index in [9.17, 15) is 19.5 Å². The molecule has 8 heteroatoms. The molecular weight excluding hydrogens is 386 g/mol. The van der Waals surface area contributed by atoms with Crippen molar-refractivity contribution in [3.8, 4) is 11.4 Å². The number of phenolic OH excluding ortho intramolecular Hbond substituents is 1. The van der Waals surface area contributed by atoms with Crippen LogP contribution < -0.4 is 10.9 Å². The normalized spacial score (nSPS) is 11.7. The number of aryl methyl sites for hydroxylation is 1. The van der Waals surface area contributed by atoms with Crippen molar-refractivity contribution in [1.29, 1.82) is 0 Å². The number of hydrogen-bond donors (Lipinski definition) is 2. The average Bonchev–Trinajstić information content (AvgIpc) is 2.93. The van der Waals surface area contributed by atoms with Gasteiger partial charge in [-0.2, -0.15) is 0 Å². The van der Waals surface area contributed by atoms with Crippen LogP contribution in [-0.2, 0) is 16.6 Å². The zero-order valence-corrected chi connectivity index (χ0v) is 17.2. The first-order valence-corrected chi connectivity index (χ1v) is 9.36. The highest BCUT2D eigenvalue weighted by Crippen LogP contribution is 2.20. The van der Waals surface area contributed by atoms with Gasteiger partial charge in [-0.25, -0.2) is 9.48 Å². The van der Waals surface area contributed by atoms with Crippen LogP contribution in [0, 0.1) is 13.8 Å². The number of hydrogen-bond acceptors (Lipinski definition) is 5. The van der Waals surface area contributed by atoms with E-state index in [1.54, 1.807) is 43.8 Å². The van der Waals surface area contributed by atoms with Gasteiger partial charge in [0, 0.05) is 7.05 Å². The van der Waals surface area contributed by atoms with E-state index in [4.69, 9.17) is 4.74 Å². The van der Waals surface area contributed by atoms with Gasteiger partial charge in [0.05, 0.1) is 11.4 Å². The third-order valence-corrected chi connectivity index (χ3v) is 4.83. The molecule has 1 amide bonds. The molecule has 3 aromatic rings. The summed E-state index contributed by atoms with van der Waals surface area (Å²) in [5.41, 5.74) is 1.64. The molecular formula is C22H23N3O5. The van der Waals surface area contributed by atoms with Crippen LogP contribution in [0.15, 0.2) is 53.3 Å². The van der Waals surface area contributed by atoms with Crippen LogP contribution in [-0.4, -0.2) is 32.5 Å². The van der Waals surface area contributed by atoms with Crippen LogP contribution in [0.5, 0.6) is 5.75 Å². The molecule has 3 rings (SSSR count). The maximum absolute atomic E-state index is 12.9. The van der Waals surface area contributed by atoms with Gasteiger partial charge in [-0.15, -0.1) is 0 Å². The predicted molar refractivity (Wildman–Crippen MR) is 112 cm³/mol. The molecule has 0 saturated carbocycles. The largest absolute Gasteiger partial charge is 0.507 e. The van der Waals surface area contributed by atoms with Gasteiger partial charge in [-0.05, 0) is 45.0 Å². The van der Waals surface area contributed by atoms with Crippen molar-refractivity contribution in [2.45, 2.75) is 26.9 Å². The SMILES string of the molecule is Cc1ccc(O)c(C(=O)O[C@@H](C)C(=O)Nc2c(C)n(C)n(-c3ccccc3)c2=O)c1. The second-order valence-electron chi connectivity index (χ2n) is 6.99. The first-order chi connectivity index (χ1) is 14.2. The summed E-state index contributed by atoms with van der Waals surface area (Å²) in [5.74, 6) is -1.71. The smallest absolute Gasteiger partial charge is 0.342 e. The fourth-order valence-electron chi connectivity index (χ4n) is 3.03. The number of aromatic hydroxyl groups is 1. The number of aromatic nitrogens is 2. The average molecular weight is 409 g/mol. The Labute approximate surface area is 173 Å². The van der Waals surface area contributed by atoms with Crippen LogP contribution in [0.4, 0.5) is 5.69 Å². The summed E-state index contributed by atoms with van der Waals surface area (Å²) >= 11 is 0. The number of rotatable bonds is 5. The van der Waals surface area contributed by atoms with E-state index in [1.807, 2.05) is 18.2 Å². The van der Waals surface area contributed by atoms with Crippen molar-refractivity contribution < 1.29 is 19.4 Å². The lowest BCUT2D eigenvalue weighted by molar-refractivity contribution is -0.123. The number of carbonyl (C=O) groups excluding carboxylic acids is 2. The summed E-state index contributed by atoms with van der Waals surface area (Å²) in [6, 6.07) is 13.5. The number of esters is 1. The molecule has 0 saturated heterocycles. The number of amides is 1. The van der Waals surface area contributed by atoms with Gasteiger partial charge in [-0.3, -0.25) is 14.3 Å². The Morgan fingerprint density at radius 2 is 1.77 bits per heavy atom. The topological polar surface area (TPSA) is 103 Å². The summed E-state index contributed by atoms with van der Waals surface area (Å²) in [7, 11) is 1.71. The van der Waals surface area contributed by atoms with Gasteiger partial charge in [-0.1, -0.05) is 29.8 Å². The van der Waals surface area contributed by atoms with Crippen LogP contribution >= 0.6 is 0 Å². The van der Waals surface area contributed by atoms with Gasteiger partial charge in [0.2, 0.25) is 0 Å². The van der Waals surface area contributed by atoms with E-state index in [1.165, 1.54) is 23.7 Å². The lowest BCUT2D eigenvalue weighted by Crippen LogP contribution is -2.32. The number of ether oxygens (including phenoxy) is 1. The van der Waals surface area contributed by atoms with Crippen molar-refractivity contribution in [1.82, 2.24) is 9.36 Å². The minimum atomic E-state index is -1.18. The van der Waals surface area contributed by atoms with E-state index in [2.05, 4.69) is 5.32 Å². The van der Waals surface area contributed by atoms with E-state index >= 15 is 0 Å². The van der Waals surface area contributed by atoms with Crippen LogP contribution in [0.2, 0.25) is 0 Å². The molecule has 0 aliphatic carbocycles. The Hall–Kier alpha value is -3.81. The van der Waals surface area contributed by atoms with Gasteiger partial charge in [0.25, 0.3) is 11.5 Å². The third-order valence-electron chi connectivity index (χ3n) is 4.83. The molecule has 156 valence electrons. The van der Waals surface area contributed by atoms with Crippen LogP contribution in [0.3, 0.4) is 0 Å². The van der Waals surface area contributed by atoms with Crippen LogP contribution in [0.1, 0.15) is 28.5 Å². The van der Waals surface area contributed by atoms with Crippen molar-refractivity contribution >= 4 is 17.6 Å². The molecule has 0 spiro atoms. The number of nitrogens with one attached hydrogen (secondary N) is 1. The number of nitrogens with zero attached hydrogens (tertiary/aromatic N) is 2. The summed E-state index contributed by atoms with van der Waals surface area (Å²) in [4.78, 5) is 37.8. The van der Waals surface area contributed by atoms with Crippen molar-refractivity contribution in [3.05, 3.63) is 75.7 Å². The van der Waals surface area contributed by atoms with Crippen LogP contribution in [0.25, 0.3) is 5.69 Å². The summed E-state index contributed by atoms with van der Waals surface area (Å²) < 4.78 is 8.25. The number of carbonyl (C=O) groups is 2. The molecule has 0 fully saturated rings. The second kappa shape index (κ2) is 8.28. The number of benzene rings is 2. The molecule has 30 heavy (non-hydrogen) atoms. The molecule has 0 unspecified atom stereocenters. The fourth-order valence-corrected chi connectivity index (χ4v) is 3.03. The minimum Gasteiger partial charge on any atom is -0.507 e. The monoisotopic (exact) mass is 409 g/mol. The molecule has 2 N–H and O–H groups in total. The molecule has 0 aliphatic heterocycles. The summed E-state index contributed by atoms with van der Waals surface area (Å²) in [5, 5.41) is 12.4. The first-order valence-electron chi connectivity index (χ1n) is 9.36. The number of phenols is 1. The highest BCUT2D eigenvalue weighted by molar-refractivity contribution is 5.98. The standard InChI is InChI=1S/C22H23N3O5/c1-13-10-11-18(26)17(12-13)22(29)30-15(3)20(27)23-19-14(2)24(4)25(21(19)28)16-8-6-5-7-9-16/h5-12,15,26H,1-4H3,(H,23,27)/t15-/m0/s1. The molecule has 1 atom stereocenters. The van der Waals surface area contributed by atoms with E-state index in [0.717, 1.165) is 5.56 Å². The van der Waals surface area contributed by atoms with E-state index in [0.29, 0.717) is 11.4 Å². The lowest BCUT2D eigenvalue weighted by atomic mass is 10.1. The summed E-state index contributed by atoms with van der Waals surface area (Å²) in [6.07, 6.45) is -1.18. The van der Waals surface area contributed by atoms with Gasteiger partial charge in [0.15, 0.2) is 6.10 Å². The fraction of sp³-hybridized carbons (Fsp3) is 0.227. The highest BCUT2D eigenvalue weighted by atomic mass is 16.5. The molecule has 0 aliphatic rings. The van der Waals surface area contributed by atoms with Gasteiger partial charge < -0.3 is 15.2 Å². The van der Waals surface area contributed by atoms with Gasteiger partial charge >= 0.3 is 5.97 Å². The highest BCUT2D eigenvalue weighted by Gasteiger charge is 2.24. The van der Waals surface area contributed by atoms with Gasteiger partial charge in [0.1, 0.15) is 17.0 Å². The second-order valence-corrected chi connectivity index (χ2v) is 6.99. The number of para-hydroxylation sites is 1. The van der Waals surface area contributed by atoms with E-state index in [-0.39, 0.29) is 17.0 Å². The molecule has 1 aromatic heterocycles. The lowest BCUT2D eigenvalue weighted by Gasteiger charge is -2.14. The van der Waals surface area contributed by atoms with Crippen molar-refractivity contribution in [2.75, 3.05) is 5.32 Å². The Kier molecular flexibility index (Phi) is 5.77. The molecule has 1 heterocycles. The summed E-state index contributed by atoms with van der Waals surface area (Å²) in [6.45, 7) is 4.87. The molecule has 0 bridgehead atoms. The Morgan fingerprint density at radius 3 is 2.43 bits per heavy atom. The quantitative estimate of drug-likeness (QED) is 0.631. The zero-order chi connectivity index (χ0) is 22.0. The Morgan fingerprint density at radius 1 is 1.10 bits per heavy atom. The Bertz CT molecular complexity index is 1160. The first kappa shape index (κ1) is 20.9. The van der Waals surface area contributed by atoms with Crippen molar-refractivity contribution in [2.24, 2.45) is 7.05 Å². The van der Waals surface area contributed by atoms with Crippen molar-refractivity contribution in [3.63, 3.8) is 0 Å². The molecule has 8 nitrogen and oxygen atoms in total. The predicted octanol–water partition coefficient (Wildman–Crippen LogP) is 2.68. The third kappa shape index (κ3) is 3.98. The van der Waals surface area contributed by atoms with E-state index < -0.39 is 23.5 Å². The maximum Gasteiger partial charge on any atom is 0.342 e. The zero-order valence-electron chi connectivity index (χ0n) is 17.2. The molecule has 0 radical (unpaired) electrons.